The van der Waals surface area contributed by atoms with Gasteiger partial charge in [-0.25, -0.2) is 9.78 Å². The minimum absolute atomic E-state index is 0.205. The number of aromatic nitrogens is 1. The lowest BCUT2D eigenvalue weighted by molar-refractivity contribution is -0.145. The predicted octanol–water partition coefficient (Wildman–Crippen LogP) is 5.13. The van der Waals surface area contributed by atoms with Crippen molar-refractivity contribution in [1.29, 1.82) is 5.26 Å². The number of hydrogen-bond donors (Lipinski definition) is 0. The van der Waals surface area contributed by atoms with E-state index in [-0.39, 0.29) is 6.61 Å². The van der Waals surface area contributed by atoms with Crippen LogP contribution in [0.25, 0.3) is 22.9 Å². The second kappa shape index (κ2) is 10.4. The summed E-state index contributed by atoms with van der Waals surface area (Å²) in [6.07, 6.45) is 1.75. The fourth-order valence-corrected chi connectivity index (χ4v) is 3.59. The molecule has 0 saturated carbocycles. The maximum absolute atomic E-state index is 11.5. The molecule has 0 saturated heterocycles. The minimum Gasteiger partial charge on any atom is -0.493 e. The molecule has 158 valence electrons. The Labute approximate surface area is 185 Å². The smallest absolute Gasteiger partial charge is 0.344 e. The van der Waals surface area contributed by atoms with E-state index in [1.807, 2.05) is 36.6 Å². The lowest BCUT2D eigenvalue weighted by Crippen LogP contribution is -2.14. The second-order valence-electron chi connectivity index (χ2n) is 6.58. The molecule has 31 heavy (non-hydrogen) atoms. The normalized spacial score (nSPS) is 11.0. The number of benzene rings is 2. The monoisotopic (exact) mass is 434 g/mol. The van der Waals surface area contributed by atoms with Crippen molar-refractivity contribution in [3.8, 4) is 28.8 Å². The van der Waals surface area contributed by atoms with E-state index in [4.69, 9.17) is 14.2 Å². The third-order valence-corrected chi connectivity index (χ3v) is 5.23. The largest absolute Gasteiger partial charge is 0.493 e. The Morgan fingerprint density at radius 3 is 2.65 bits per heavy atom. The van der Waals surface area contributed by atoms with Crippen LogP contribution in [0.5, 0.6) is 11.5 Å². The van der Waals surface area contributed by atoms with Gasteiger partial charge < -0.3 is 14.2 Å². The van der Waals surface area contributed by atoms with E-state index in [0.29, 0.717) is 28.7 Å². The molecule has 1 aromatic heterocycles. The summed E-state index contributed by atoms with van der Waals surface area (Å²) in [5.41, 5.74) is 4.23. The highest BCUT2D eigenvalue weighted by Crippen LogP contribution is 2.31. The van der Waals surface area contributed by atoms with Crippen LogP contribution in [0, 0.1) is 18.3 Å². The van der Waals surface area contributed by atoms with Crippen LogP contribution in [0.4, 0.5) is 0 Å². The molecule has 0 spiro atoms. The van der Waals surface area contributed by atoms with Gasteiger partial charge >= 0.3 is 5.97 Å². The first kappa shape index (κ1) is 22.1. The van der Waals surface area contributed by atoms with Crippen molar-refractivity contribution < 1.29 is 19.0 Å². The van der Waals surface area contributed by atoms with Crippen LogP contribution in [0.15, 0.2) is 47.8 Å². The van der Waals surface area contributed by atoms with Gasteiger partial charge in [-0.2, -0.15) is 5.26 Å². The SMILES string of the molecule is CCOC(=O)COc1ccc(C=C(C#N)c2nc(-c3ccc(C)cc3)cs2)cc1OC. The van der Waals surface area contributed by atoms with Crippen LogP contribution in [-0.2, 0) is 9.53 Å². The van der Waals surface area contributed by atoms with Gasteiger partial charge in [-0.1, -0.05) is 35.9 Å². The number of carbonyl (C=O) groups is 1. The molecular weight excluding hydrogens is 412 g/mol. The van der Waals surface area contributed by atoms with Crippen molar-refractivity contribution in [2.75, 3.05) is 20.3 Å². The number of nitriles is 1. The third-order valence-electron chi connectivity index (χ3n) is 4.35. The molecule has 7 heteroatoms. The third kappa shape index (κ3) is 5.71. The van der Waals surface area contributed by atoms with E-state index >= 15 is 0 Å². The Hall–Kier alpha value is -3.63. The van der Waals surface area contributed by atoms with Gasteiger partial charge in [0, 0.05) is 10.9 Å². The van der Waals surface area contributed by atoms with Crippen molar-refractivity contribution in [1.82, 2.24) is 4.98 Å². The molecule has 0 aliphatic carbocycles. The summed E-state index contributed by atoms with van der Waals surface area (Å²) in [4.78, 5) is 16.1. The van der Waals surface area contributed by atoms with Gasteiger partial charge in [-0.15, -0.1) is 11.3 Å². The second-order valence-corrected chi connectivity index (χ2v) is 7.44. The van der Waals surface area contributed by atoms with Gasteiger partial charge in [0.1, 0.15) is 11.1 Å². The molecule has 0 radical (unpaired) electrons. The minimum atomic E-state index is -0.451. The van der Waals surface area contributed by atoms with Crippen molar-refractivity contribution in [2.45, 2.75) is 13.8 Å². The number of methoxy groups -OCH3 is 1. The van der Waals surface area contributed by atoms with E-state index in [2.05, 4.69) is 11.1 Å². The number of thiazole rings is 1. The molecule has 3 rings (SSSR count). The average molecular weight is 435 g/mol. The summed E-state index contributed by atoms with van der Waals surface area (Å²) in [6, 6.07) is 15.5. The fourth-order valence-electron chi connectivity index (χ4n) is 2.80. The molecule has 3 aromatic rings. The zero-order valence-electron chi connectivity index (χ0n) is 17.5. The van der Waals surface area contributed by atoms with Gasteiger partial charge in [-0.3, -0.25) is 0 Å². The summed E-state index contributed by atoms with van der Waals surface area (Å²) in [7, 11) is 1.51. The first-order chi connectivity index (χ1) is 15.0. The molecule has 0 aliphatic rings. The van der Waals surface area contributed by atoms with E-state index < -0.39 is 5.97 Å². The van der Waals surface area contributed by atoms with Crippen LogP contribution in [0.2, 0.25) is 0 Å². The van der Waals surface area contributed by atoms with Gasteiger partial charge in [0.25, 0.3) is 0 Å². The molecule has 0 unspecified atom stereocenters. The summed E-state index contributed by atoms with van der Waals surface area (Å²) in [5, 5.41) is 12.3. The Kier molecular flexibility index (Phi) is 7.41. The van der Waals surface area contributed by atoms with E-state index in [1.54, 1.807) is 31.2 Å². The first-order valence-corrected chi connectivity index (χ1v) is 10.5. The summed E-state index contributed by atoms with van der Waals surface area (Å²) < 4.78 is 15.7. The van der Waals surface area contributed by atoms with Crippen molar-refractivity contribution >= 4 is 29.0 Å². The topological polar surface area (TPSA) is 81.4 Å². The molecule has 1 heterocycles. The number of allylic oxidation sites excluding steroid dienone is 1. The van der Waals surface area contributed by atoms with Crippen LogP contribution < -0.4 is 9.47 Å². The highest BCUT2D eigenvalue weighted by atomic mass is 32.1. The first-order valence-electron chi connectivity index (χ1n) is 9.65. The van der Waals surface area contributed by atoms with Crippen molar-refractivity contribution in [3.05, 3.63) is 64.0 Å². The van der Waals surface area contributed by atoms with Crippen LogP contribution in [-0.4, -0.2) is 31.3 Å². The Morgan fingerprint density at radius 2 is 1.97 bits per heavy atom. The molecule has 0 bridgehead atoms. The number of esters is 1. The highest BCUT2D eigenvalue weighted by molar-refractivity contribution is 7.11. The lowest BCUT2D eigenvalue weighted by atomic mass is 10.1. The van der Waals surface area contributed by atoms with Gasteiger partial charge in [0.05, 0.1) is 25.0 Å². The quantitative estimate of drug-likeness (QED) is 0.361. The zero-order valence-corrected chi connectivity index (χ0v) is 18.4. The molecule has 0 aliphatic heterocycles. The molecule has 0 fully saturated rings. The summed E-state index contributed by atoms with van der Waals surface area (Å²) in [6.45, 7) is 3.86. The number of rotatable bonds is 8. The van der Waals surface area contributed by atoms with Crippen molar-refractivity contribution in [3.63, 3.8) is 0 Å². The standard InChI is InChI=1S/C24H22N2O4S/c1-4-29-23(27)14-30-21-10-7-17(12-22(21)28-3)11-19(13-25)24-26-20(15-31-24)18-8-5-16(2)6-9-18/h5-12,15H,4,14H2,1-3H3. The number of ether oxygens (including phenoxy) is 3. The Balaban J connectivity index is 1.81. The molecule has 0 N–H and O–H groups in total. The number of aryl methyl sites for hydroxylation is 1. The van der Waals surface area contributed by atoms with Gasteiger partial charge in [0.15, 0.2) is 18.1 Å². The lowest BCUT2D eigenvalue weighted by Gasteiger charge is -2.11. The van der Waals surface area contributed by atoms with Crippen molar-refractivity contribution in [2.24, 2.45) is 0 Å². The van der Waals surface area contributed by atoms with E-state index in [1.165, 1.54) is 24.0 Å². The maximum Gasteiger partial charge on any atom is 0.344 e. The number of nitrogens with zero attached hydrogens (tertiary/aromatic N) is 2. The summed E-state index contributed by atoms with van der Waals surface area (Å²) >= 11 is 1.42. The van der Waals surface area contributed by atoms with E-state index in [9.17, 15) is 10.1 Å². The van der Waals surface area contributed by atoms with Crippen LogP contribution >= 0.6 is 11.3 Å². The molecular formula is C24H22N2O4S. The average Bonchev–Trinajstić information content (AvgIpc) is 3.27. The van der Waals surface area contributed by atoms with Gasteiger partial charge in [-0.05, 0) is 37.6 Å². The Morgan fingerprint density at radius 1 is 1.19 bits per heavy atom. The molecule has 0 atom stereocenters. The number of carbonyl (C=O) groups excluding carboxylic acids is 1. The predicted molar refractivity (Wildman–Crippen MR) is 121 cm³/mol. The van der Waals surface area contributed by atoms with Gasteiger partial charge in [0.2, 0.25) is 0 Å². The van der Waals surface area contributed by atoms with Crippen LogP contribution in [0.1, 0.15) is 23.1 Å². The molecule has 6 nitrogen and oxygen atoms in total. The zero-order chi connectivity index (χ0) is 22.2. The number of hydrogen-bond acceptors (Lipinski definition) is 7. The molecule has 2 aromatic carbocycles. The van der Waals surface area contributed by atoms with Crippen LogP contribution in [0.3, 0.4) is 0 Å². The maximum atomic E-state index is 11.5. The Bertz CT molecular complexity index is 1130. The molecule has 0 amide bonds. The van der Waals surface area contributed by atoms with E-state index in [0.717, 1.165) is 16.8 Å². The highest BCUT2D eigenvalue weighted by Gasteiger charge is 2.12. The summed E-state index contributed by atoms with van der Waals surface area (Å²) in [5.74, 6) is 0.422. The fraction of sp³-hybridized carbons (Fsp3) is 0.208.